The Hall–Kier alpha value is -0.0400. The van der Waals surface area contributed by atoms with Crippen LogP contribution in [0.15, 0.2) is 0 Å². The normalized spacial score (nSPS) is 22.6. The first-order valence-corrected chi connectivity index (χ1v) is 6.93. The van der Waals surface area contributed by atoms with E-state index in [0.717, 1.165) is 5.92 Å². The zero-order chi connectivity index (χ0) is 11.1. The molecule has 0 spiro atoms. The highest BCUT2D eigenvalue weighted by Gasteiger charge is 2.32. The van der Waals surface area contributed by atoms with Crippen molar-refractivity contribution in [2.75, 3.05) is 13.1 Å². The van der Waals surface area contributed by atoms with E-state index in [-0.39, 0.29) is 0 Å². The van der Waals surface area contributed by atoms with Crippen LogP contribution in [-0.2, 0) is 0 Å². The van der Waals surface area contributed by atoms with Crippen LogP contribution < -0.4 is 5.32 Å². The highest BCUT2D eigenvalue weighted by Crippen LogP contribution is 2.40. The Morgan fingerprint density at radius 3 is 2.33 bits per heavy atom. The van der Waals surface area contributed by atoms with Crippen molar-refractivity contribution in [3.63, 3.8) is 0 Å². The van der Waals surface area contributed by atoms with Crippen LogP contribution in [0.2, 0.25) is 0 Å². The predicted octanol–water partition coefficient (Wildman–Crippen LogP) is 3.98. The molecule has 90 valence electrons. The topological polar surface area (TPSA) is 12.0 Å². The monoisotopic (exact) mass is 211 g/mol. The summed E-state index contributed by atoms with van der Waals surface area (Å²) in [6, 6.07) is 0. The summed E-state index contributed by atoms with van der Waals surface area (Å²) < 4.78 is 0. The third-order valence-corrected chi connectivity index (χ3v) is 4.35. The number of hydrogen-bond acceptors (Lipinski definition) is 1. The van der Waals surface area contributed by atoms with Gasteiger partial charge < -0.3 is 5.32 Å². The summed E-state index contributed by atoms with van der Waals surface area (Å²) in [5.41, 5.74) is 0.551. The van der Waals surface area contributed by atoms with Gasteiger partial charge in [-0.15, -0.1) is 0 Å². The molecule has 0 aliphatic heterocycles. The van der Waals surface area contributed by atoms with Crippen LogP contribution in [0.4, 0.5) is 0 Å². The Morgan fingerprint density at radius 1 is 1.13 bits per heavy atom. The summed E-state index contributed by atoms with van der Waals surface area (Å²) in [6.07, 6.45) is 9.93. The van der Waals surface area contributed by atoms with Gasteiger partial charge in [-0.05, 0) is 43.6 Å². The third-order valence-electron chi connectivity index (χ3n) is 4.35. The SMILES string of the molecule is CCCNCC(C)(CC)C1CCCCC1. The van der Waals surface area contributed by atoms with E-state index in [4.69, 9.17) is 0 Å². The van der Waals surface area contributed by atoms with E-state index in [1.54, 1.807) is 0 Å². The first-order chi connectivity index (χ1) is 7.23. The smallest absolute Gasteiger partial charge is 0.000771 e. The zero-order valence-corrected chi connectivity index (χ0v) is 10.9. The summed E-state index contributed by atoms with van der Waals surface area (Å²) in [7, 11) is 0. The van der Waals surface area contributed by atoms with Gasteiger partial charge in [0.05, 0.1) is 0 Å². The number of nitrogens with one attached hydrogen (secondary N) is 1. The van der Waals surface area contributed by atoms with Crippen molar-refractivity contribution < 1.29 is 0 Å². The highest BCUT2D eigenvalue weighted by molar-refractivity contribution is 4.85. The number of rotatable bonds is 6. The summed E-state index contributed by atoms with van der Waals surface area (Å²) >= 11 is 0. The summed E-state index contributed by atoms with van der Waals surface area (Å²) in [6.45, 7) is 9.51. The average Bonchev–Trinajstić information content (AvgIpc) is 2.30. The van der Waals surface area contributed by atoms with Gasteiger partial charge in [-0.25, -0.2) is 0 Å². The molecule has 0 aromatic heterocycles. The van der Waals surface area contributed by atoms with Gasteiger partial charge in [0.15, 0.2) is 0 Å². The molecule has 1 atom stereocenters. The second kappa shape index (κ2) is 6.52. The average molecular weight is 211 g/mol. The molecule has 1 saturated carbocycles. The van der Waals surface area contributed by atoms with Crippen LogP contribution >= 0.6 is 0 Å². The maximum atomic E-state index is 3.62. The molecule has 0 aromatic rings. The fraction of sp³-hybridized carbons (Fsp3) is 1.00. The minimum atomic E-state index is 0.551. The van der Waals surface area contributed by atoms with Gasteiger partial charge in [-0.3, -0.25) is 0 Å². The molecular formula is C14H29N. The molecule has 1 aliphatic rings. The Bertz CT molecular complexity index is 161. The van der Waals surface area contributed by atoms with Crippen molar-refractivity contribution in [3.8, 4) is 0 Å². The van der Waals surface area contributed by atoms with E-state index in [1.807, 2.05) is 0 Å². The zero-order valence-electron chi connectivity index (χ0n) is 10.9. The van der Waals surface area contributed by atoms with Crippen LogP contribution in [0, 0.1) is 11.3 Å². The molecular weight excluding hydrogens is 182 g/mol. The minimum Gasteiger partial charge on any atom is -0.316 e. The molecule has 0 bridgehead atoms. The van der Waals surface area contributed by atoms with Crippen molar-refractivity contribution in [1.82, 2.24) is 5.32 Å². The molecule has 0 aromatic carbocycles. The van der Waals surface area contributed by atoms with Gasteiger partial charge >= 0.3 is 0 Å². The van der Waals surface area contributed by atoms with Gasteiger partial charge in [0.2, 0.25) is 0 Å². The van der Waals surface area contributed by atoms with Gasteiger partial charge in [-0.1, -0.05) is 40.0 Å². The van der Waals surface area contributed by atoms with Gasteiger partial charge in [0.25, 0.3) is 0 Å². The molecule has 0 saturated heterocycles. The molecule has 1 fully saturated rings. The molecule has 0 radical (unpaired) electrons. The Labute approximate surface area is 96.0 Å². The standard InChI is InChI=1S/C14H29N/c1-4-11-15-12-14(3,5-2)13-9-7-6-8-10-13/h13,15H,4-12H2,1-3H3. The van der Waals surface area contributed by atoms with Crippen molar-refractivity contribution in [1.29, 1.82) is 0 Å². The van der Waals surface area contributed by atoms with Crippen LogP contribution in [0.3, 0.4) is 0 Å². The lowest BCUT2D eigenvalue weighted by molar-refractivity contribution is 0.128. The van der Waals surface area contributed by atoms with E-state index >= 15 is 0 Å². The first-order valence-electron chi connectivity index (χ1n) is 6.93. The quantitative estimate of drug-likeness (QED) is 0.655. The molecule has 1 unspecified atom stereocenters. The number of hydrogen-bond donors (Lipinski definition) is 1. The van der Waals surface area contributed by atoms with Crippen LogP contribution in [0.5, 0.6) is 0 Å². The van der Waals surface area contributed by atoms with Gasteiger partial charge in [0.1, 0.15) is 0 Å². The van der Waals surface area contributed by atoms with Crippen LogP contribution in [0.25, 0.3) is 0 Å². The summed E-state index contributed by atoms with van der Waals surface area (Å²) in [4.78, 5) is 0. The van der Waals surface area contributed by atoms with Crippen molar-refractivity contribution >= 4 is 0 Å². The van der Waals surface area contributed by atoms with E-state index in [1.165, 1.54) is 58.0 Å². The minimum absolute atomic E-state index is 0.551. The second-order valence-electron chi connectivity index (χ2n) is 5.52. The molecule has 1 aliphatic carbocycles. The Balaban J connectivity index is 2.41. The maximum absolute atomic E-state index is 3.62. The molecule has 1 rings (SSSR count). The van der Waals surface area contributed by atoms with Crippen LogP contribution in [-0.4, -0.2) is 13.1 Å². The van der Waals surface area contributed by atoms with Crippen LogP contribution in [0.1, 0.15) is 65.7 Å². The van der Waals surface area contributed by atoms with E-state index < -0.39 is 0 Å². The Kier molecular flexibility index (Phi) is 5.66. The molecule has 1 heteroatoms. The maximum Gasteiger partial charge on any atom is 0.000771 e. The fourth-order valence-corrected chi connectivity index (χ4v) is 2.91. The third kappa shape index (κ3) is 3.79. The summed E-state index contributed by atoms with van der Waals surface area (Å²) in [5.74, 6) is 0.973. The largest absolute Gasteiger partial charge is 0.316 e. The lowest BCUT2D eigenvalue weighted by atomic mass is 9.68. The molecule has 1 nitrogen and oxygen atoms in total. The van der Waals surface area contributed by atoms with Crippen molar-refractivity contribution in [3.05, 3.63) is 0 Å². The van der Waals surface area contributed by atoms with Crippen molar-refractivity contribution in [2.24, 2.45) is 11.3 Å². The fourth-order valence-electron chi connectivity index (χ4n) is 2.91. The van der Waals surface area contributed by atoms with E-state index in [9.17, 15) is 0 Å². The second-order valence-corrected chi connectivity index (χ2v) is 5.52. The van der Waals surface area contributed by atoms with Gasteiger partial charge in [-0.2, -0.15) is 0 Å². The predicted molar refractivity (Wildman–Crippen MR) is 68.1 cm³/mol. The molecule has 0 amide bonds. The lowest BCUT2D eigenvalue weighted by Gasteiger charge is -2.39. The van der Waals surface area contributed by atoms with Gasteiger partial charge in [0, 0.05) is 6.54 Å². The lowest BCUT2D eigenvalue weighted by Crippen LogP contribution is -2.38. The van der Waals surface area contributed by atoms with E-state index in [0.29, 0.717) is 5.41 Å². The Morgan fingerprint density at radius 2 is 1.80 bits per heavy atom. The van der Waals surface area contributed by atoms with Crippen molar-refractivity contribution in [2.45, 2.75) is 65.7 Å². The first kappa shape index (κ1) is 13.0. The van der Waals surface area contributed by atoms with E-state index in [2.05, 4.69) is 26.1 Å². The highest BCUT2D eigenvalue weighted by atomic mass is 14.9. The molecule has 15 heavy (non-hydrogen) atoms. The molecule has 1 N–H and O–H groups in total. The molecule has 0 heterocycles. The summed E-state index contributed by atoms with van der Waals surface area (Å²) in [5, 5.41) is 3.62.